The van der Waals surface area contributed by atoms with Gasteiger partial charge in [0.05, 0.1) is 19.2 Å². The van der Waals surface area contributed by atoms with Gasteiger partial charge in [-0.05, 0) is 44.0 Å². The van der Waals surface area contributed by atoms with E-state index in [1.54, 1.807) is 42.0 Å². The first-order valence-corrected chi connectivity index (χ1v) is 12.4. The van der Waals surface area contributed by atoms with Crippen LogP contribution in [-0.4, -0.2) is 70.6 Å². The number of aromatic nitrogens is 1. The summed E-state index contributed by atoms with van der Waals surface area (Å²) < 4.78 is 19.7. The molecule has 1 saturated carbocycles. The number of carbonyl (C=O) groups excluding carboxylic acids is 2. The lowest BCUT2D eigenvalue weighted by Crippen LogP contribution is -2.51. The molecule has 1 aromatic carbocycles. The molecule has 2 aromatic rings. The van der Waals surface area contributed by atoms with Crippen molar-refractivity contribution in [1.82, 2.24) is 14.8 Å². The molecule has 2 aliphatic rings. The van der Waals surface area contributed by atoms with E-state index in [9.17, 15) is 19.1 Å². The summed E-state index contributed by atoms with van der Waals surface area (Å²) in [6.45, 7) is 4.30. The zero-order valence-electron chi connectivity index (χ0n) is 20.9. The van der Waals surface area contributed by atoms with Crippen LogP contribution in [-0.2, 0) is 4.79 Å². The number of aliphatic hydroxyl groups excluding tert-OH is 1. The van der Waals surface area contributed by atoms with E-state index in [4.69, 9.17) is 4.74 Å². The van der Waals surface area contributed by atoms with Gasteiger partial charge in [0.2, 0.25) is 11.8 Å². The van der Waals surface area contributed by atoms with Gasteiger partial charge in [-0.3, -0.25) is 9.59 Å². The van der Waals surface area contributed by atoms with E-state index >= 15 is 0 Å². The molecule has 0 spiro atoms. The number of amides is 2. The number of rotatable bonds is 5. The molecule has 0 saturated heterocycles. The number of nitrogens with zero attached hydrogens (tertiary/aromatic N) is 3. The molecule has 7 nitrogen and oxygen atoms in total. The fraction of sp³-hybridized carbons (Fsp3) is 0.464. The number of ether oxygens (including phenoxy) is 1. The monoisotopic (exact) mass is 493 g/mol. The van der Waals surface area contributed by atoms with E-state index < -0.39 is 12.1 Å². The quantitative estimate of drug-likeness (QED) is 0.648. The van der Waals surface area contributed by atoms with Gasteiger partial charge in [0.1, 0.15) is 17.5 Å². The average Bonchev–Trinajstić information content (AvgIpc) is 2.83. The van der Waals surface area contributed by atoms with Gasteiger partial charge in [-0.25, -0.2) is 9.37 Å². The van der Waals surface area contributed by atoms with Crippen molar-refractivity contribution in [2.75, 3.05) is 26.7 Å². The van der Waals surface area contributed by atoms with Crippen LogP contribution in [0.4, 0.5) is 4.39 Å². The summed E-state index contributed by atoms with van der Waals surface area (Å²) in [6, 6.07) is 7.16. The molecule has 4 rings (SSSR count). The first kappa shape index (κ1) is 25.6. The van der Waals surface area contributed by atoms with Crippen molar-refractivity contribution in [3.05, 3.63) is 59.0 Å². The molecule has 3 atom stereocenters. The largest absolute Gasteiger partial charge is 0.472 e. The van der Waals surface area contributed by atoms with Crippen molar-refractivity contribution in [3.8, 4) is 17.7 Å². The molecular weight excluding hydrogens is 461 g/mol. The number of hydrogen-bond acceptors (Lipinski definition) is 5. The fourth-order valence-electron chi connectivity index (χ4n) is 4.43. The molecule has 2 amide bonds. The van der Waals surface area contributed by atoms with Crippen LogP contribution in [0.2, 0.25) is 0 Å². The third-order valence-corrected chi connectivity index (χ3v) is 6.98. The first-order valence-electron chi connectivity index (χ1n) is 12.4. The zero-order chi connectivity index (χ0) is 25.8. The van der Waals surface area contributed by atoms with Gasteiger partial charge >= 0.3 is 0 Å². The van der Waals surface area contributed by atoms with Crippen molar-refractivity contribution in [2.24, 2.45) is 11.8 Å². The van der Waals surface area contributed by atoms with E-state index in [1.165, 1.54) is 18.3 Å². The highest BCUT2D eigenvalue weighted by molar-refractivity contribution is 5.97. The summed E-state index contributed by atoms with van der Waals surface area (Å²) in [7, 11) is 1.79. The Morgan fingerprint density at radius 3 is 2.72 bits per heavy atom. The number of carbonyl (C=O) groups is 2. The molecule has 1 fully saturated rings. The summed E-state index contributed by atoms with van der Waals surface area (Å²) in [5.41, 5.74) is 1.23. The van der Waals surface area contributed by atoms with Crippen LogP contribution in [0, 0.1) is 29.5 Å². The maximum Gasteiger partial charge on any atom is 0.259 e. The number of likely N-dealkylation sites (N-methyl/N-ethyl adjacent to an activating group) is 1. The molecular formula is C28H32FN3O4. The molecule has 1 aliphatic heterocycles. The number of aliphatic hydroxyl groups is 1. The number of pyridine rings is 1. The highest BCUT2D eigenvalue weighted by Gasteiger charge is 2.36. The Morgan fingerprint density at radius 2 is 2.06 bits per heavy atom. The highest BCUT2D eigenvalue weighted by atomic mass is 19.1. The van der Waals surface area contributed by atoms with E-state index in [2.05, 4.69) is 16.8 Å². The van der Waals surface area contributed by atoms with Crippen LogP contribution >= 0.6 is 0 Å². The summed E-state index contributed by atoms with van der Waals surface area (Å²) in [5, 5.41) is 9.82. The molecule has 1 N–H and O–H groups in total. The molecule has 1 aromatic heterocycles. The fourth-order valence-corrected chi connectivity index (χ4v) is 4.43. The van der Waals surface area contributed by atoms with Crippen molar-refractivity contribution in [1.29, 1.82) is 0 Å². The van der Waals surface area contributed by atoms with Crippen molar-refractivity contribution in [3.63, 3.8) is 0 Å². The smallest absolute Gasteiger partial charge is 0.259 e. The van der Waals surface area contributed by atoms with Gasteiger partial charge in [0.25, 0.3) is 5.91 Å². The lowest BCUT2D eigenvalue weighted by molar-refractivity contribution is -0.138. The second-order valence-electron chi connectivity index (χ2n) is 9.81. The molecule has 0 unspecified atom stereocenters. The van der Waals surface area contributed by atoms with Gasteiger partial charge in [-0.15, -0.1) is 0 Å². The molecule has 1 aliphatic carbocycles. The Hall–Kier alpha value is -3.44. The van der Waals surface area contributed by atoms with Gasteiger partial charge in [-0.1, -0.05) is 31.3 Å². The summed E-state index contributed by atoms with van der Waals surface area (Å²) in [4.78, 5) is 34.0. The number of fused-ring (bicyclic) bond motifs is 1. The van der Waals surface area contributed by atoms with Crippen LogP contribution in [0.3, 0.4) is 0 Å². The molecule has 8 heteroatoms. The van der Waals surface area contributed by atoms with Gasteiger partial charge in [0.15, 0.2) is 0 Å². The standard InChI is InChI=1S/C28H32FN3O4/c1-18-15-32(19(2)17-33)28(35)24-13-21(11-10-20-6-4-9-23(29)12-20)14-30-26(24)36-25(18)16-31(3)27(34)22-7-5-8-22/h4,6,9,12-14,18-19,22,25,33H,5,7-8,15-17H2,1-3H3/t18-,19+,25-/m0/s1. The second-order valence-corrected chi connectivity index (χ2v) is 9.81. The predicted molar refractivity (Wildman–Crippen MR) is 133 cm³/mol. The van der Waals surface area contributed by atoms with Gasteiger partial charge < -0.3 is 19.6 Å². The summed E-state index contributed by atoms with van der Waals surface area (Å²) in [5.74, 6) is 5.41. The van der Waals surface area contributed by atoms with E-state index in [0.29, 0.717) is 24.2 Å². The average molecular weight is 494 g/mol. The number of benzene rings is 1. The summed E-state index contributed by atoms with van der Waals surface area (Å²) in [6.07, 6.45) is 4.05. The maximum atomic E-state index is 13.5. The molecule has 190 valence electrons. The lowest BCUT2D eigenvalue weighted by atomic mass is 9.84. The Balaban J connectivity index is 1.64. The van der Waals surface area contributed by atoms with Crippen LogP contribution < -0.4 is 4.74 Å². The molecule has 0 bridgehead atoms. The Bertz CT molecular complexity index is 1190. The second kappa shape index (κ2) is 11.1. The number of halogens is 1. The maximum absolute atomic E-state index is 13.5. The molecule has 2 heterocycles. The predicted octanol–water partition coefficient (Wildman–Crippen LogP) is 3.10. The van der Waals surface area contributed by atoms with Crippen molar-refractivity contribution in [2.45, 2.75) is 45.3 Å². The first-order chi connectivity index (χ1) is 17.3. The lowest BCUT2D eigenvalue weighted by Gasteiger charge is -2.38. The van der Waals surface area contributed by atoms with E-state index in [-0.39, 0.29) is 47.5 Å². The van der Waals surface area contributed by atoms with E-state index in [1.807, 2.05) is 6.92 Å². The Kier molecular flexibility index (Phi) is 7.90. The van der Waals surface area contributed by atoms with Crippen molar-refractivity contribution < 1.29 is 23.8 Å². The molecule has 36 heavy (non-hydrogen) atoms. The van der Waals surface area contributed by atoms with Crippen LogP contribution in [0.1, 0.15) is 54.6 Å². The van der Waals surface area contributed by atoms with Crippen LogP contribution in [0.15, 0.2) is 36.5 Å². The third-order valence-electron chi connectivity index (χ3n) is 6.98. The highest BCUT2D eigenvalue weighted by Crippen LogP contribution is 2.30. The third kappa shape index (κ3) is 5.68. The zero-order valence-corrected chi connectivity index (χ0v) is 20.9. The Labute approximate surface area is 211 Å². The number of hydrogen-bond donors (Lipinski definition) is 1. The minimum Gasteiger partial charge on any atom is -0.472 e. The SMILES string of the molecule is C[C@H](CO)N1C[C@H](C)[C@H](CN(C)C(=O)C2CCC2)Oc2ncc(C#Cc3cccc(F)c3)cc2C1=O. The van der Waals surface area contributed by atoms with Crippen molar-refractivity contribution >= 4 is 11.8 Å². The minimum atomic E-state index is -0.414. The Morgan fingerprint density at radius 1 is 1.31 bits per heavy atom. The van der Waals surface area contributed by atoms with Crippen LogP contribution in [0.25, 0.3) is 0 Å². The minimum absolute atomic E-state index is 0.0796. The summed E-state index contributed by atoms with van der Waals surface area (Å²) >= 11 is 0. The topological polar surface area (TPSA) is 83.0 Å². The van der Waals surface area contributed by atoms with Gasteiger partial charge in [-0.2, -0.15) is 0 Å². The molecule has 0 radical (unpaired) electrons. The van der Waals surface area contributed by atoms with E-state index in [0.717, 1.165) is 19.3 Å². The normalized spacial score (nSPS) is 20.6. The van der Waals surface area contributed by atoms with Gasteiger partial charge in [0, 0.05) is 42.8 Å². The van der Waals surface area contributed by atoms with Crippen LogP contribution in [0.5, 0.6) is 5.88 Å².